The maximum absolute atomic E-state index is 10.9. The molecule has 0 fully saturated rings. The minimum atomic E-state index is 0.554. The maximum atomic E-state index is 10.9. The average molecular weight is 280 g/mol. The maximum Gasteiger partial charge on any atom is 0.150 e. The molecular weight excluding hydrogens is 264 g/mol. The number of anilines is 3. The van der Waals surface area contributed by atoms with Gasteiger partial charge >= 0.3 is 0 Å². The molecule has 1 aliphatic rings. The first-order chi connectivity index (χ1) is 10.2. The molecule has 3 rings (SSSR count). The fourth-order valence-electron chi connectivity index (χ4n) is 2.29. The van der Waals surface area contributed by atoms with E-state index in [4.69, 9.17) is 5.73 Å². The molecule has 1 aliphatic heterocycles. The summed E-state index contributed by atoms with van der Waals surface area (Å²) in [7, 11) is 0. The molecule has 0 unspecified atom stereocenters. The first-order valence-corrected chi connectivity index (χ1v) is 6.76. The molecule has 4 N–H and O–H groups in total. The van der Waals surface area contributed by atoms with E-state index in [2.05, 4.69) is 15.6 Å². The summed E-state index contributed by atoms with van der Waals surface area (Å²) in [6, 6.07) is 13.2. The zero-order valence-electron chi connectivity index (χ0n) is 11.5. The number of carbonyl (C=O) groups excluding carboxylic acids is 1. The van der Waals surface area contributed by atoms with Crippen molar-refractivity contribution < 1.29 is 4.79 Å². The number of nitrogens with one attached hydrogen (secondary N) is 2. The quantitative estimate of drug-likeness (QED) is 0.592. The van der Waals surface area contributed by atoms with Crippen LogP contribution in [0.15, 0.2) is 47.5 Å². The van der Waals surface area contributed by atoms with E-state index in [9.17, 15) is 4.79 Å². The largest absolute Gasteiger partial charge is 0.399 e. The van der Waals surface area contributed by atoms with Crippen LogP contribution in [0.2, 0.25) is 0 Å². The number of nitrogens with two attached hydrogens (primary N) is 1. The van der Waals surface area contributed by atoms with E-state index < -0.39 is 0 Å². The summed E-state index contributed by atoms with van der Waals surface area (Å²) in [5, 5.41) is 6.48. The van der Waals surface area contributed by atoms with Crippen molar-refractivity contribution in [3.05, 3.63) is 53.6 Å². The monoisotopic (exact) mass is 280 g/mol. The molecule has 5 heteroatoms. The Morgan fingerprint density at radius 2 is 1.95 bits per heavy atom. The molecule has 0 amide bonds. The van der Waals surface area contributed by atoms with Gasteiger partial charge in [-0.25, -0.2) is 0 Å². The number of aliphatic imine (C=N–C) groups is 1. The molecule has 106 valence electrons. The van der Waals surface area contributed by atoms with Crippen LogP contribution in [0, 0.1) is 0 Å². The lowest BCUT2D eigenvalue weighted by molar-refractivity contribution is 0.112. The number of nitrogen functional groups attached to an aromatic ring is 1. The van der Waals surface area contributed by atoms with Gasteiger partial charge in [0.1, 0.15) is 12.1 Å². The zero-order chi connectivity index (χ0) is 14.7. The van der Waals surface area contributed by atoms with Gasteiger partial charge in [0.05, 0.1) is 6.54 Å². The highest BCUT2D eigenvalue weighted by Gasteiger charge is 2.07. The molecular formula is C16H16N4O. The summed E-state index contributed by atoms with van der Waals surface area (Å²) in [4.78, 5) is 15.2. The lowest BCUT2D eigenvalue weighted by Gasteiger charge is -2.09. The van der Waals surface area contributed by atoms with Crippen LogP contribution in [-0.2, 0) is 0 Å². The Bertz CT molecular complexity index is 692. The third-order valence-electron chi connectivity index (χ3n) is 3.23. The molecule has 0 spiro atoms. The van der Waals surface area contributed by atoms with Crippen molar-refractivity contribution >= 4 is 29.2 Å². The van der Waals surface area contributed by atoms with E-state index in [1.807, 2.05) is 24.3 Å². The summed E-state index contributed by atoms with van der Waals surface area (Å²) in [5.41, 5.74) is 9.68. The van der Waals surface area contributed by atoms with Gasteiger partial charge in [-0.15, -0.1) is 0 Å². The summed E-state index contributed by atoms with van der Waals surface area (Å²) in [6.07, 6.45) is 0.786. The number of hydrogen-bond acceptors (Lipinski definition) is 5. The molecule has 1 heterocycles. The lowest BCUT2D eigenvalue weighted by Crippen LogP contribution is -2.19. The number of carbonyl (C=O) groups is 1. The van der Waals surface area contributed by atoms with Gasteiger partial charge in [-0.1, -0.05) is 0 Å². The van der Waals surface area contributed by atoms with Crippen molar-refractivity contribution in [2.24, 2.45) is 4.99 Å². The van der Waals surface area contributed by atoms with Gasteiger partial charge in [-0.2, -0.15) is 0 Å². The van der Waals surface area contributed by atoms with Gasteiger partial charge in [0.2, 0.25) is 0 Å². The van der Waals surface area contributed by atoms with Gasteiger partial charge in [-0.3, -0.25) is 9.79 Å². The lowest BCUT2D eigenvalue weighted by atomic mass is 10.1. The van der Waals surface area contributed by atoms with Gasteiger partial charge in [0.15, 0.2) is 0 Å². The van der Waals surface area contributed by atoms with Crippen LogP contribution >= 0.6 is 0 Å². The first kappa shape index (κ1) is 13.2. The zero-order valence-corrected chi connectivity index (χ0v) is 11.5. The minimum Gasteiger partial charge on any atom is -0.399 e. The second-order valence-corrected chi connectivity index (χ2v) is 4.87. The predicted molar refractivity (Wildman–Crippen MR) is 85.4 cm³/mol. The molecule has 5 nitrogen and oxygen atoms in total. The molecule has 0 saturated heterocycles. The van der Waals surface area contributed by atoms with Crippen molar-refractivity contribution in [2.45, 2.75) is 0 Å². The van der Waals surface area contributed by atoms with E-state index in [0.717, 1.165) is 42.1 Å². The number of rotatable bonds is 4. The first-order valence-electron chi connectivity index (χ1n) is 6.76. The topological polar surface area (TPSA) is 79.5 Å². The fraction of sp³-hybridized carbons (Fsp3) is 0.125. The molecule has 0 aromatic heterocycles. The molecule has 0 saturated carbocycles. The molecule has 0 aliphatic carbocycles. The third-order valence-corrected chi connectivity index (χ3v) is 3.23. The van der Waals surface area contributed by atoms with E-state index in [0.29, 0.717) is 11.3 Å². The number of benzene rings is 2. The van der Waals surface area contributed by atoms with E-state index in [1.165, 1.54) is 0 Å². The average Bonchev–Trinajstić information content (AvgIpc) is 3.01. The van der Waals surface area contributed by atoms with Crippen molar-refractivity contribution in [3.63, 3.8) is 0 Å². The summed E-state index contributed by atoms with van der Waals surface area (Å²) >= 11 is 0. The Hall–Kier alpha value is -2.82. The number of nitrogens with zero attached hydrogens (tertiary/aromatic N) is 1. The number of aldehydes is 1. The molecule has 2 aromatic rings. The minimum absolute atomic E-state index is 0.554. The summed E-state index contributed by atoms with van der Waals surface area (Å²) in [5.74, 6) is 0.939. The highest BCUT2D eigenvalue weighted by Crippen LogP contribution is 2.21. The Labute approximate surface area is 122 Å². The Morgan fingerprint density at radius 3 is 2.62 bits per heavy atom. The molecule has 0 bridgehead atoms. The van der Waals surface area contributed by atoms with Crippen LogP contribution in [0.5, 0.6) is 0 Å². The Kier molecular flexibility index (Phi) is 3.55. The van der Waals surface area contributed by atoms with Gasteiger partial charge in [-0.05, 0) is 42.5 Å². The van der Waals surface area contributed by atoms with Crippen LogP contribution < -0.4 is 16.4 Å². The summed E-state index contributed by atoms with van der Waals surface area (Å²) < 4.78 is 0. The van der Waals surface area contributed by atoms with Crippen molar-refractivity contribution in [3.8, 4) is 0 Å². The highest BCUT2D eigenvalue weighted by molar-refractivity contribution is 6.00. The van der Waals surface area contributed by atoms with Crippen LogP contribution in [0.4, 0.5) is 17.1 Å². The van der Waals surface area contributed by atoms with Crippen molar-refractivity contribution in [1.82, 2.24) is 5.32 Å². The van der Waals surface area contributed by atoms with Crippen molar-refractivity contribution in [1.29, 1.82) is 0 Å². The standard InChI is InChI=1S/C16H16N4O/c17-13-7-11(10-21)8-15(9-13)20-14-3-1-12(2-4-14)16-18-5-6-19-16/h1-4,7-10,20H,5-6,17H2,(H,18,19). The smallest absolute Gasteiger partial charge is 0.150 e. The second kappa shape index (κ2) is 5.66. The number of amidine groups is 1. The molecule has 0 atom stereocenters. The van der Waals surface area contributed by atoms with E-state index in [-0.39, 0.29) is 0 Å². The highest BCUT2D eigenvalue weighted by atomic mass is 16.1. The number of hydrogen-bond donors (Lipinski definition) is 3. The van der Waals surface area contributed by atoms with Crippen LogP contribution in [0.1, 0.15) is 15.9 Å². The Morgan fingerprint density at radius 1 is 1.14 bits per heavy atom. The van der Waals surface area contributed by atoms with Gasteiger partial charge in [0, 0.05) is 34.7 Å². The SMILES string of the molecule is Nc1cc(C=O)cc(Nc2ccc(C3=NCCN3)cc2)c1. The van der Waals surface area contributed by atoms with Crippen LogP contribution in [0.3, 0.4) is 0 Å². The fourth-order valence-corrected chi connectivity index (χ4v) is 2.29. The third kappa shape index (κ3) is 3.02. The van der Waals surface area contributed by atoms with Crippen molar-refractivity contribution in [2.75, 3.05) is 24.1 Å². The normalized spacial score (nSPS) is 13.4. The van der Waals surface area contributed by atoms with E-state index in [1.54, 1.807) is 18.2 Å². The molecule has 2 aromatic carbocycles. The summed E-state index contributed by atoms with van der Waals surface area (Å²) in [6.45, 7) is 1.72. The van der Waals surface area contributed by atoms with Crippen LogP contribution in [-0.4, -0.2) is 25.2 Å². The van der Waals surface area contributed by atoms with Gasteiger partial charge in [0.25, 0.3) is 0 Å². The van der Waals surface area contributed by atoms with Gasteiger partial charge < -0.3 is 16.4 Å². The van der Waals surface area contributed by atoms with E-state index >= 15 is 0 Å². The predicted octanol–water partition coefficient (Wildman–Crippen LogP) is 2.17. The second-order valence-electron chi connectivity index (χ2n) is 4.87. The molecule has 0 radical (unpaired) electrons. The Balaban J connectivity index is 1.78. The van der Waals surface area contributed by atoms with Crippen LogP contribution in [0.25, 0.3) is 0 Å². The molecule has 21 heavy (non-hydrogen) atoms.